The summed E-state index contributed by atoms with van der Waals surface area (Å²) in [6.07, 6.45) is 0.649. The Morgan fingerprint density at radius 2 is 2.21 bits per heavy atom. The number of methoxy groups -OCH3 is 1. The van der Waals surface area contributed by atoms with Crippen molar-refractivity contribution >= 4 is 23.1 Å². The fourth-order valence-electron chi connectivity index (χ4n) is 1.14. The van der Waals surface area contributed by atoms with Crippen molar-refractivity contribution in [3.05, 3.63) is 21.9 Å². The summed E-state index contributed by atoms with van der Waals surface area (Å²) in [6, 6.07) is 1.91. The molecule has 0 unspecified atom stereocenters. The van der Waals surface area contributed by atoms with Gasteiger partial charge in [0, 0.05) is 0 Å². The number of carbonyl (C=O) groups is 2. The lowest BCUT2D eigenvalue weighted by Gasteiger charge is -1.99. The number of rotatable bonds is 4. The maximum Gasteiger partial charge on any atom is 0.313 e. The topological polar surface area (TPSA) is 43.4 Å². The summed E-state index contributed by atoms with van der Waals surface area (Å²) in [4.78, 5) is 23.1. The van der Waals surface area contributed by atoms with Crippen molar-refractivity contribution < 1.29 is 14.3 Å². The number of ether oxygens (including phenoxy) is 1. The van der Waals surface area contributed by atoms with Crippen LogP contribution in [0.25, 0.3) is 0 Å². The van der Waals surface area contributed by atoms with Gasteiger partial charge in [0.05, 0.1) is 12.0 Å². The summed E-state index contributed by atoms with van der Waals surface area (Å²) in [5.74, 6) is -0.630. The van der Waals surface area contributed by atoms with Crippen LogP contribution < -0.4 is 0 Å². The molecular weight excluding hydrogens is 200 g/mol. The van der Waals surface area contributed by atoms with Crippen LogP contribution in [0.15, 0.2) is 11.4 Å². The molecule has 0 aromatic carbocycles. The molecule has 0 fully saturated rings. The van der Waals surface area contributed by atoms with Gasteiger partial charge >= 0.3 is 5.97 Å². The molecule has 3 nitrogen and oxygen atoms in total. The van der Waals surface area contributed by atoms with Crippen molar-refractivity contribution in [3.63, 3.8) is 0 Å². The summed E-state index contributed by atoms with van der Waals surface area (Å²) in [7, 11) is 1.28. The summed E-state index contributed by atoms with van der Waals surface area (Å²) >= 11 is 1.38. The van der Waals surface area contributed by atoms with Crippen molar-refractivity contribution in [2.24, 2.45) is 0 Å². The molecule has 0 N–H and O–H groups in total. The van der Waals surface area contributed by atoms with Crippen LogP contribution in [-0.4, -0.2) is 18.9 Å². The van der Waals surface area contributed by atoms with Crippen molar-refractivity contribution in [1.29, 1.82) is 0 Å². The van der Waals surface area contributed by atoms with E-state index < -0.39 is 5.97 Å². The summed E-state index contributed by atoms with van der Waals surface area (Å²) in [5.41, 5.74) is 1.00. The minimum Gasteiger partial charge on any atom is -0.469 e. The van der Waals surface area contributed by atoms with E-state index in [1.165, 1.54) is 18.4 Å². The Morgan fingerprint density at radius 1 is 1.50 bits per heavy atom. The van der Waals surface area contributed by atoms with Crippen LogP contribution in [0, 0.1) is 0 Å². The van der Waals surface area contributed by atoms with Gasteiger partial charge in [0.1, 0.15) is 6.42 Å². The molecule has 0 amide bonds. The standard InChI is InChI=1S/C10H12O3S/c1-3-7-4-5-14-10(7)8(11)6-9(12)13-2/h4-5H,3,6H2,1-2H3. The van der Waals surface area contributed by atoms with Gasteiger partial charge in [-0.3, -0.25) is 9.59 Å². The Morgan fingerprint density at radius 3 is 2.79 bits per heavy atom. The first-order valence-electron chi connectivity index (χ1n) is 4.35. The van der Waals surface area contributed by atoms with Crippen LogP contribution in [0.5, 0.6) is 0 Å². The maximum absolute atomic E-state index is 11.6. The van der Waals surface area contributed by atoms with Crippen LogP contribution in [-0.2, 0) is 16.0 Å². The van der Waals surface area contributed by atoms with E-state index in [4.69, 9.17) is 0 Å². The summed E-state index contributed by atoms with van der Waals surface area (Å²) in [5, 5.41) is 1.86. The zero-order chi connectivity index (χ0) is 10.6. The zero-order valence-electron chi connectivity index (χ0n) is 8.20. The second-order valence-corrected chi connectivity index (χ2v) is 3.72. The van der Waals surface area contributed by atoms with Crippen molar-refractivity contribution in [1.82, 2.24) is 0 Å². The molecule has 1 rings (SSSR count). The van der Waals surface area contributed by atoms with Crippen LogP contribution in [0.1, 0.15) is 28.6 Å². The van der Waals surface area contributed by atoms with E-state index in [0.717, 1.165) is 12.0 Å². The first-order valence-corrected chi connectivity index (χ1v) is 5.23. The number of aryl methyl sites for hydroxylation is 1. The number of ketones is 1. The van der Waals surface area contributed by atoms with Crippen molar-refractivity contribution in [3.8, 4) is 0 Å². The molecule has 14 heavy (non-hydrogen) atoms. The van der Waals surface area contributed by atoms with Crippen LogP contribution in [0.3, 0.4) is 0 Å². The van der Waals surface area contributed by atoms with E-state index in [0.29, 0.717) is 4.88 Å². The normalized spacial score (nSPS) is 9.86. The molecule has 0 atom stereocenters. The quantitative estimate of drug-likeness (QED) is 0.436. The van der Waals surface area contributed by atoms with Gasteiger partial charge in [-0.25, -0.2) is 0 Å². The lowest BCUT2D eigenvalue weighted by molar-refractivity contribution is -0.139. The fourth-order valence-corrected chi connectivity index (χ4v) is 2.08. The second kappa shape index (κ2) is 4.91. The predicted octanol–water partition coefficient (Wildman–Crippen LogP) is 2.06. The average Bonchev–Trinajstić information content (AvgIpc) is 2.65. The Kier molecular flexibility index (Phi) is 3.83. The first-order chi connectivity index (χ1) is 6.69. The maximum atomic E-state index is 11.6. The number of Topliss-reactive ketones (excluding diaryl/α,β-unsaturated/α-hetero) is 1. The third-order valence-electron chi connectivity index (χ3n) is 1.91. The number of hydrogen-bond acceptors (Lipinski definition) is 4. The number of carbonyl (C=O) groups excluding carboxylic acids is 2. The monoisotopic (exact) mass is 212 g/mol. The molecule has 0 aliphatic rings. The molecule has 0 saturated heterocycles. The molecule has 0 saturated carbocycles. The van der Waals surface area contributed by atoms with Gasteiger partial charge in [0.15, 0.2) is 5.78 Å². The molecule has 1 aromatic rings. The fraction of sp³-hybridized carbons (Fsp3) is 0.400. The largest absolute Gasteiger partial charge is 0.469 e. The molecule has 0 bridgehead atoms. The molecule has 0 radical (unpaired) electrons. The SMILES string of the molecule is CCc1ccsc1C(=O)CC(=O)OC. The van der Waals surface area contributed by atoms with E-state index in [1.54, 1.807) is 0 Å². The highest BCUT2D eigenvalue weighted by Gasteiger charge is 2.15. The van der Waals surface area contributed by atoms with E-state index in [2.05, 4.69) is 4.74 Å². The predicted molar refractivity (Wildman–Crippen MR) is 54.7 cm³/mol. The highest BCUT2D eigenvalue weighted by molar-refractivity contribution is 7.12. The molecule has 0 aliphatic heterocycles. The smallest absolute Gasteiger partial charge is 0.313 e. The molecule has 4 heteroatoms. The Balaban J connectivity index is 2.74. The minimum atomic E-state index is -0.481. The molecule has 0 spiro atoms. The average molecular weight is 212 g/mol. The van der Waals surface area contributed by atoms with Crippen LogP contribution in [0.4, 0.5) is 0 Å². The molecule has 0 aliphatic carbocycles. The summed E-state index contributed by atoms with van der Waals surface area (Å²) < 4.78 is 4.44. The Bertz CT molecular complexity index is 341. The Labute approximate surface area is 86.7 Å². The van der Waals surface area contributed by atoms with E-state index in [9.17, 15) is 9.59 Å². The summed E-state index contributed by atoms with van der Waals surface area (Å²) in [6.45, 7) is 1.98. The third kappa shape index (κ3) is 2.42. The van der Waals surface area contributed by atoms with Crippen molar-refractivity contribution in [2.75, 3.05) is 7.11 Å². The zero-order valence-corrected chi connectivity index (χ0v) is 9.02. The number of hydrogen-bond donors (Lipinski definition) is 0. The van der Waals surface area contributed by atoms with Gasteiger partial charge in [-0.1, -0.05) is 6.92 Å². The van der Waals surface area contributed by atoms with Crippen LogP contribution in [0.2, 0.25) is 0 Å². The van der Waals surface area contributed by atoms with Crippen molar-refractivity contribution in [2.45, 2.75) is 19.8 Å². The van der Waals surface area contributed by atoms with Crippen LogP contribution >= 0.6 is 11.3 Å². The molecular formula is C10H12O3S. The third-order valence-corrected chi connectivity index (χ3v) is 2.91. The van der Waals surface area contributed by atoms with Gasteiger partial charge in [-0.05, 0) is 23.4 Å². The lowest BCUT2D eigenvalue weighted by Crippen LogP contribution is -2.09. The Hall–Kier alpha value is -1.16. The lowest BCUT2D eigenvalue weighted by atomic mass is 10.1. The van der Waals surface area contributed by atoms with Gasteiger partial charge < -0.3 is 4.74 Å². The first kappa shape index (κ1) is 10.9. The van der Waals surface area contributed by atoms with Gasteiger partial charge in [-0.2, -0.15) is 0 Å². The minimum absolute atomic E-state index is 0.149. The van der Waals surface area contributed by atoms with Gasteiger partial charge in [0.2, 0.25) is 0 Å². The van der Waals surface area contributed by atoms with Gasteiger partial charge in [-0.15, -0.1) is 11.3 Å². The highest BCUT2D eigenvalue weighted by Crippen LogP contribution is 2.19. The second-order valence-electron chi connectivity index (χ2n) is 2.80. The number of thiophene rings is 1. The molecule has 1 aromatic heterocycles. The van der Waals surface area contributed by atoms with E-state index in [-0.39, 0.29) is 12.2 Å². The van der Waals surface area contributed by atoms with E-state index in [1.807, 2.05) is 18.4 Å². The van der Waals surface area contributed by atoms with E-state index >= 15 is 0 Å². The molecule has 76 valence electrons. The number of esters is 1. The molecule has 1 heterocycles. The van der Waals surface area contributed by atoms with Gasteiger partial charge in [0.25, 0.3) is 0 Å². The highest BCUT2D eigenvalue weighted by atomic mass is 32.1.